The lowest BCUT2D eigenvalue weighted by atomic mass is 9.85. The van der Waals surface area contributed by atoms with E-state index >= 15 is 0 Å². The van der Waals surface area contributed by atoms with Crippen molar-refractivity contribution in [1.29, 1.82) is 0 Å². The van der Waals surface area contributed by atoms with Crippen molar-refractivity contribution in [3.05, 3.63) is 101 Å². The lowest BCUT2D eigenvalue weighted by Gasteiger charge is -2.35. The van der Waals surface area contributed by atoms with E-state index in [0.717, 1.165) is 29.0 Å². The van der Waals surface area contributed by atoms with Gasteiger partial charge < -0.3 is 15.4 Å². The number of ether oxygens (including phenoxy) is 1. The highest BCUT2D eigenvalue weighted by Gasteiger charge is 2.28. The first-order valence-electron chi connectivity index (χ1n) is 10.9. The second-order valence-electron chi connectivity index (χ2n) is 8.98. The van der Waals surface area contributed by atoms with Crippen LogP contribution >= 0.6 is 0 Å². The Morgan fingerprint density at radius 2 is 1.76 bits per heavy atom. The van der Waals surface area contributed by atoms with Gasteiger partial charge in [0.1, 0.15) is 5.75 Å². The Balaban J connectivity index is 1.55. The Hall–Kier alpha value is -3.86. The summed E-state index contributed by atoms with van der Waals surface area (Å²) in [4.78, 5) is 25.6. The van der Waals surface area contributed by atoms with Gasteiger partial charge in [0.2, 0.25) is 0 Å². The number of fused-ring (bicyclic) bond motifs is 1. The summed E-state index contributed by atoms with van der Waals surface area (Å²) in [6, 6.07) is 20.3. The molecule has 0 spiro atoms. The Kier molecular flexibility index (Phi) is 6.05. The van der Waals surface area contributed by atoms with E-state index in [1.807, 2.05) is 37.3 Å². The van der Waals surface area contributed by atoms with Gasteiger partial charge in [0.05, 0.1) is 7.11 Å². The molecule has 2 N–H and O–H groups in total. The van der Waals surface area contributed by atoms with Gasteiger partial charge in [-0.25, -0.2) is 0 Å². The molecule has 0 bridgehead atoms. The monoisotopic (exact) mass is 440 g/mol. The Morgan fingerprint density at radius 3 is 2.45 bits per heavy atom. The van der Waals surface area contributed by atoms with Crippen LogP contribution in [0.5, 0.6) is 5.75 Å². The van der Waals surface area contributed by atoms with E-state index in [-0.39, 0.29) is 17.2 Å². The fourth-order valence-corrected chi connectivity index (χ4v) is 4.11. The highest BCUT2D eigenvalue weighted by atomic mass is 16.5. The van der Waals surface area contributed by atoms with Crippen LogP contribution in [0, 0.1) is 6.92 Å². The molecule has 1 heterocycles. The molecule has 0 radical (unpaired) electrons. The molecule has 0 aliphatic carbocycles. The summed E-state index contributed by atoms with van der Waals surface area (Å²) in [6.07, 6.45) is 2.49. The SMILES string of the molecule is COc1ccc2c(c1)C(=CC(=O)c1ccc(NC(=O)c3ccccc3C)cc1)NC(C)(C)C2. The molecule has 0 fully saturated rings. The first-order chi connectivity index (χ1) is 15.8. The van der Waals surface area contributed by atoms with Gasteiger partial charge in [0.15, 0.2) is 5.78 Å². The van der Waals surface area contributed by atoms with Crippen LogP contribution in [0.2, 0.25) is 0 Å². The van der Waals surface area contributed by atoms with E-state index in [1.54, 1.807) is 43.5 Å². The molecule has 3 aromatic rings. The maximum Gasteiger partial charge on any atom is 0.255 e. The van der Waals surface area contributed by atoms with Crippen LogP contribution in [0.3, 0.4) is 0 Å². The molecule has 4 rings (SSSR count). The summed E-state index contributed by atoms with van der Waals surface area (Å²) in [5, 5.41) is 6.38. The zero-order valence-corrected chi connectivity index (χ0v) is 19.4. The van der Waals surface area contributed by atoms with Crippen LogP contribution in [0.25, 0.3) is 5.70 Å². The van der Waals surface area contributed by atoms with Gasteiger partial charge in [0.25, 0.3) is 5.91 Å². The molecule has 5 heteroatoms. The van der Waals surface area contributed by atoms with Crippen molar-refractivity contribution in [3.8, 4) is 5.75 Å². The van der Waals surface area contributed by atoms with Gasteiger partial charge >= 0.3 is 0 Å². The molecule has 1 aliphatic rings. The maximum absolute atomic E-state index is 13.1. The van der Waals surface area contributed by atoms with E-state index in [2.05, 4.69) is 30.5 Å². The molecule has 0 saturated carbocycles. The molecular weight excluding hydrogens is 412 g/mol. The predicted molar refractivity (Wildman–Crippen MR) is 132 cm³/mol. The minimum Gasteiger partial charge on any atom is -0.497 e. The third kappa shape index (κ3) is 4.98. The Labute approximate surface area is 194 Å². The fourth-order valence-electron chi connectivity index (χ4n) is 4.11. The summed E-state index contributed by atoms with van der Waals surface area (Å²) < 4.78 is 5.38. The van der Waals surface area contributed by atoms with Crippen molar-refractivity contribution >= 4 is 23.1 Å². The van der Waals surface area contributed by atoms with Crippen LogP contribution in [0.1, 0.15) is 51.3 Å². The number of rotatable bonds is 5. The van der Waals surface area contributed by atoms with Gasteiger partial charge in [-0.3, -0.25) is 9.59 Å². The first-order valence-corrected chi connectivity index (χ1v) is 10.9. The van der Waals surface area contributed by atoms with Gasteiger partial charge in [0, 0.05) is 39.7 Å². The third-order valence-corrected chi connectivity index (χ3v) is 5.81. The van der Waals surface area contributed by atoms with E-state index in [9.17, 15) is 9.59 Å². The van der Waals surface area contributed by atoms with E-state index < -0.39 is 0 Å². The molecule has 33 heavy (non-hydrogen) atoms. The van der Waals surface area contributed by atoms with Crippen LogP contribution in [-0.4, -0.2) is 24.3 Å². The minimum absolute atomic E-state index is 0.110. The van der Waals surface area contributed by atoms with Crippen LogP contribution in [-0.2, 0) is 6.42 Å². The van der Waals surface area contributed by atoms with Gasteiger partial charge in [-0.05, 0) is 80.8 Å². The smallest absolute Gasteiger partial charge is 0.255 e. The van der Waals surface area contributed by atoms with Crippen molar-refractivity contribution in [3.63, 3.8) is 0 Å². The first kappa shape index (κ1) is 22.3. The molecule has 0 atom stereocenters. The zero-order valence-electron chi connectivity index (χ0n) is 19.4. The number of hydrogen-bond donors (Lipinski definition) is 2. The largest absolute Gasteiger partial charge is 0.497 e. The molecule has 1 aliphatic heterocycles. The molecular formula is C28H28N2O3. The highest BCUT2D eigenvalue weighted by Crippen LogP contribution is 2.32. The molecule has 5 nitrogen and oxygen atoms in total. The number of hydrogen-bond acceptors (Lipinski definition) is 4. The van der Waals surface area contributed by atoms with Crippen LogP contribution in [0.15, 0.2) is 72.8 Å². The van der Waals surface area contributed by atoms with Gasteiger partial charge in [-0.2, -0.15) is 0 Å². The molecule has 1 amide bonds. The summed E-state index contributed by atoms with van der Waals surface area (Å²) in [5.74, 6) is 0.469. The Bertz CT molecular complexity index is 1240. The topological polar surface area (TPSA) is 67.4 Å². The highest BCUT2D eigenvalue weighted by molar-refractivity contribution is 6.09. The number of allylic oxidation sites excluding steroid dienone is 1. The molecule has 3 aromatic carbocycles. The van der Waals surface area contributed by atoms with Crippen molar-refractivity contribution < 1.29 is 14.3 Å². The number of nitrogens with one attached hydrogen (secondary N) is 2. The molecule has 168 valence electrons. The van der Waals surface area contributed by atoms with E-state index in [1.165, 1.54) is 5.56 Å². The average molecular weight is 441 g/mol. The van der Waals surface area contributed by atoms with Gasteiger partial charge in [-0.15, -0.1) is 0 Å². The second-order valence-corrected chi connectivity index (χ2v) is 8.98. The lowest BCUT2D eigenvalue weighted by molar-refractivity contribution is 0.102. The van der Waals surface area contributed by atoms with Crippen molar-refractivity contribution in [1.82, 2.24) is 5.32 Å². The maximum atomic E-state index is 13.1. The number of benzene rings is 3. The standard InChI is InChI=1S/C28H28N2O3/c1-18-7-5-6-8-23(18)27(32)29-21-12-9-19(10-13-21)26(31)16-25-24-15-22(33-4)14-11-20(24)17-28(2,3)30-25/h5-16,30H,17H2,1-4H3,(H,29,32). The van der Waals surface area contributed by atoms with Crippen molar-refractivity contribution in [2.24, 2.45) is 0 Å². The normalized spacial score (nSPS) is 15.3. The van der Waals surface area contributed by atoms with Crippen molar-refractivity contribution in [2.75, 3.05) is 12.4 Å². The quantitative estimate of drug-likeness (QED) is 0.412. The number of aryl methyl sites for hydroxylation is 1. The lowest BCUT2D eigenvalue weighted by Crippen LogP contribution is -2.43. The number of carbonyl (C=O) groups is 2. The average Bonchev–Trinajstić information content (AvgIpc) is 2.79. The van der Waals surface area contributed by atoms with Crippen LogP contribution < -0.4 is 15.4 Å². The zero-order chi connectivity index (χ0) is 23.6. The number of ketones is 1. The number of carbonyl (C=O) groups excluding carboxylic acids is 2. The summed E-state index contributed by atoms with van der Waals surface area (Å²) in [6.45, 7) is 6.13. The third-order valence-electron chi connectivity index (χ3n) is 5.81. The predicted octanol–water partition coefficient (Wildman–Crippen LogP) is 5.40. The molecule has 0 unspecified atom stereocenters. The summed E-state index contributed by atoms with van der Waals surface area (Å²) in [5.41, 5.74) is 5.48. The summed E-state index contributed by atoms with van der Waals surface area (Å²) in [7, 11) is 1.63. The molecule has 0 aromatic heterocycles. The van der Waals surface area contributed by atoms with E-state index in [0.29, 0.717) is 16.8 Å². The second kappa shape index (κ2) is 8.94. The fraction of sp³-hybridized carbons (Fsp3) is 0.214. The number of amides is 1. The van der Waals surface area contributed by atoms with Crippen molar-refractivity contribution in [2.45, 2.75) is 32.7 Å². The number of anilines is 1. The van der Waals surface area contributed by atoms with Gasteiger partial charge in [-0.1, -0.05) is 24.3 Å². The number of methoxy groups -OCH3 is 1. The van der Waals surface area contributed by atoms with E-state index in [4.69, 9.17) is 4.74 Å². The Morgan fingerprint density at radius 1 is 1.03 bits per heavy atom. The van der Waals surface area contributed by atoms with Crippen LogP contribution in [0.4, 0.5) is 5.69 Å². The molecule has 0 saturated heterocycles. The minimum atomic E-state index is -0.173. The summed E-state index contributed by atoms with van der Waals surface area (Å²) >= 11 is 0.